The average molecular weight is 293 g/mol. The first-order chi connectivity index (χ1) is 10.2. The van der Waals surface area contributed by atoms with Crippen molar-refractivity contribution in [2.45, 2.75) is 56.1 Å². The zero-order valence-corrected chi connectivity index (χ0v) is 12.8. The predicted octanol–water partition coefficient (Wildman–Crippen LogP) is 1.82. The standard InChI is InChI=1S/C16H23NO4/c1-19-14-10-12-15-6-4-3-5-11(15)9-13(18)17(15)8-7-16(12,20-2)21-14/h10-11,14H,3-9H2,1-2H3/t11-,14+,15-,16-/m0/s1. The lowest BCUT2D eigenvalue weighted by Gasteiger charge is -2.54. The molecule has 0 N–H and O–H groups in total. The Bertz CT molecular complexity index is 505. The SMILES string of the molecule is CO[C@H]1C=C2[C@](OC)(CCN3C(=O)C[C@@H]4CCCC[C@@]243)O1. The molecule has 0 aromatic rings. The molecule has 5 nitrogen and oxygen atoms in total. The van der Waals surface area contributed by atoms with Crippen molar-refractivity contribution in [3.63, 3.8) is 0 Å². The third-order valence-corrected chi connectivity index (χ3v) is 5.95. The molecule has 3 heterocycles. The molecule has 1 saturated carbocycles. The largest absolute Gasteiger partial charge is 0.352 e. The summed E-state index contributed by atoms with van der Waals surface area (Å²) in [4.78, 5) is 14.6. The van der Waals surface area contributed by atoms with E-state index in [1.807, 2.05) is 0 Å². The quantitative estimate of drug-likeness (QED) is 0.729. The minimum Gasteiger partial charge on any atom is -0.352 e. The summed E-state index contributed by atoms with van der Waals surface area (Å²) in [5, 5.41) is 0. The first kappa shape index (κ1) is 13.7. The molecule has 4 atom stereocenters. The number of fused-ring (bicyclic) bond motifs is 1. The molecule has 21 heavy (non-hydrogen) atoms. The summed E-state index contributed by atoms with van der Waals surface area (Å²) in [6.07, 6.45) is 7.59. The number of ether oxygens (including phenoxy) is 3. The van der Waals surface area contributed by atoms with Crippen molar-refractivity contribution in [2.75, 3.05) is 20.8 Å². The van der Waals surface area contributed by atoms with Crippen molar-refractivity contribution in [1.29, 1.82) is 0 Å². The van der Waals surface area contributed by atoms with Crippen LogP contribution in [0.5, 0.6) is 0 Å². The van der Waals surface area contributed by atoms with E-state index in [0.29, 0.717) is 24.7 Å². The van der Waals surface area contributed by atoms with Crippen LogP contribution in [0.3, 0.4) is 0 Å². The van der Waals surface area contributed by atoms with Gasteiger partial charge >= 0.3 is 0 Å². The molecule has 1 amide bonds. The molecular weight excluding hydrogens is 270 g/mol. The van der Waals surface area contributed by atoms with Gasteiger partial charge in [0.25, 0.3) is 0 Å². The first-order valence-electron chi connectivity index (χ1n) is 7.95. The molecule has 5 heteroatoms. The summed E-state index contributed by atoms with van der Waals surface area (Å²) in [6.45, 7) is 0.719. The van der Waals surface area contributed by atoms with Gasteiger partial charge < -0.3 is 19.1 Å². The number of amides is 1. The Kier molecular flexibility index (Phi) is 2.97. The highest BCUT2D eigenvalue weighted by atomic mass is 16.8. The molecule has 0 unspecified atom stereocenters. The molecule has 4 rings (SSSR count). The average Bonchev–Trinajstić information content (AvgIpc) is 3.03. The van der Waals surface area contributed by atoms with Crippen molar-refractivity contribution >= 4 is 5.91 Å². The summed E-state index contributed by atoms with van der Waals surface area (Å²) in [7, 11) is 3.35. The number of carbonyl (C=O) groups is 1. The van der Waals surface area contributed by atoms with Crippen LogP contribution in [-0.4, -0.2) is 49.2 Å². The van der Waals surface area contributed by atoms with Gasteiger partial charge in [-0.2, -0.15) is 0 Å². The number of nitrogens with zero attached hydrogens (tertiary/aromatic N) is 1. The maximum Gasteiger partial charge on any atom is 0.223 e. The molecule has 2 saturated heterocycles. The van der Waals surface area contributed by atoms with Crippen molar-refractivity contribution in [3.8, 4) is 0 Å². The normalized spacial score (nSPS) is 45.1. The number of carbonyl (C=O) groups excluding carboxylic acids is 1. The third-order valence-electron chi connectivity index (χ3n) is 5.95. The van der Waals surface area contributed by atoms with Crippen LogP contribution in [0, 0.1) is 5.92 Å². The van der Waals surface area contributed by atoms with Crippen LogP contribution in [-0.2, 0) is 19.0 Å². The Balaban J connectivity index is 1.84. The van der Waals surface area contributed by atoms with Gasteiger partial charge in [-0.05, 0) is 24.8 Å². The highest BCUT2D eigenvalue weighted by molar-refractivity contribution is 5.82. The zero-order valence-electron chi connectivity index (χ0n) is 12.8. The third kappa shape index (κ3) is 1.60. The Hall–Kier alpha value is -0.910. The van der Waals surface area contributed by atoms with Crippen molar-refractivity contribution in [3.05, 3.63) is 11.6 Å². The summed E-state index contributed by atoms with van der Waals surface area (Å²) in [5.41, 5.74) is 0.961. The van der Waals surface area contributed by atoms with Gasteiger partial charge in [-0.25, -0.2) is 0 Å². The van der Waals surface area contributed by atoms with E-state index in [1.165, 1.54) is 6.42 Å². The van der Waals surface area contributed by atoms with Crippen LogP contribution in [0.4, 0.5) is 0 Å². The second-order valence-electron chi connectivity index (χ2n) is 6.63. The Morgan fingerprint density at radius 1 is 1.33 bits per heavy atom. The summed E-state index contributed by atoms with van der Waals surface area (Å²) >= 11 is 0. The number of rotatable bonds is 2. The molecule has 0 aromatic heterocycles. The van der Waals surface area contributed by atoms with Gasteiger partial charge in [0, 0.05) is 39.2 Å². The Morgan fingerprint density at radius 2 is 2.19 bits per heavy atom. The zero-order chi connectivity index (χ0) is 14.7. The maximum absolute atomic E-state index is 12.5. The van der Waals surface area contributed by atoms with E-state index in [9.17, 15) is 4.79 Å². The van der Waals surface area contributed by atoms with Crippen LogP contribution in [0.2, 0.25) is 0 Å². The fraction of sp³-hybridized carbons (Fsp3) is 0.812. The Labute approximate surface area is 125 Å². The molecule has 116 valence electrons. The smallest absolute Gasteiger partial charge is 0.223 e. The topological polar surface area (TPSA) is 48.0 Å². The van der Waals surface area contributed by atoms with Crippen molar-refractivity contribution < 1.29 is 19.0 Å². The molecule has 4 aliphatic rings. The van der Waals surface area contributed by atoms with E-state index in [0.717, 1.165) is 31.4 Å². The minimum atomic E-state index is -0.697. The lowest BCUT2D eigenvalue weighted by molar-refractivity contribution is -0.263. The predicted molar refractivity (Wildman–Crippen MR) is 75.3 cm³/mol. The molecule has 1 aliphatic carbocycles. The van der Waals surface area contributed by atoms with E-state index in [4.69, 9.17) is 14.2 Å². The molecule has 0 aromatic carbocycles. The highest BCUT2D eigenvalue weighted by Gasteiger charge is 2.65. The van der Waals surface area contributed by atoms with E-state index in [-0.39, 0.29) is 11.8 Å². The fourth-order valence-electron chi connectivity index (χ4n) is 5.07. The van der Waals surface area contributed by atoms with Gasteiger partial charge in [-0.3, -0.25) is 4.79 Å². The first-order valence-corrected chi connectivity index (χ1v) is 7.95. The summed E-state index contributed by atoms with van der Waals surface area (Å²) in [6, 6.07) is 0. The Morgan fingerprint density at radius 3 is 2.95 bits per heavy atom. The highest BCUT2D eigenvalue weighted by Crippen LogP contribution is 2.58. The van der Waals surface area contributed by atoms with E-state index < -0.39 is 5.79 Å². The van der Waals surface area contributed by atoms with E-state index >= 15 is 0 Å². The maximum atomic E-state index is 12.5. The number of hydrogen-bond acceptors (Lipinski definition) is 4. The monoisotopic (exact) mass is 293 g/mol. The number of hydrogen-bond donors (Lipinski definition) is 0. The molecule has 0 radical (unpaired) electrons. The summed E-state index contributed by atoms with van der Waals surface area (Å²) < 4.78 is 17.3. The number of piperidine rings is 1. The van der Waals surface area contributed by atoms with E-state index in [2.05, 4.69) is 11.0 Å². The second kappa shape index (κ2) is 4.54. The van der Waals surface area contributed by atoms with Gasteiger partial charge in [-0.15, -0.1) is 0 Å². The van der Waals surface area contributed by atoms with Gasteiger partial charge in [0.2, 0.25) is 5.91 Å². The molecule has 3 fully saturated rings. The minimum absolute atomic E-state index is 0.184. The van der Waals surface area contributed by atoms with Crippen LogP contribution in [0.25, 0.3) is 0 Å². The fourth-order valence-corrected chi connectivity index (χ4v) is 5.07. The van der Waals surface area contributed by atoms with Crippen LogP contribution in [0.15, 0.2) is 11.6 Å². The summed E-state index contributed by atoms with van der Waals surface area (Å²) in [5.74, 6) is 0.00426. The van der Waals surface area contributed by atoms with Crippen molar-refractivity contribution in [1.82, 2.24) is 4.90 Å². The van der Waals surface area contributed by atoms with Crippen LogP contribution in [0.1, 0.15) is 38.5 Å². The van der Waals surface area contributed by atoms with Gasteiger partial charge in [0.1, 0.15) is 0 Å². The van der Waals surface area contributed by atoms with Crippen LogP contribution >= 0.6 is 0 Å². The lowest BCUT2D eigenvalue weighted by Crippen LogP contribution is -2.62. The van der Waals surface area contributed by atoms with Gasteiger partial charge in [0.05, 0.1) is 5.54 Å². The second-order valence-corrected chi connectivity index (χ2v) is 6.63. The molecule has 3 aliphatic heterocycles. The lowest BCUT2D eigenvalue weighted by atomic mass is 9.65. The van der Waals surface area contributed by atoms with Crippen LogP contribution < -0.4 is 0 Å². The molecule has 1 spiro atoms. The molecule has 0 bridgehead atoms. The number of methoxy groups -OCH3 is 2. The van der Waals surface area contributed by atoms with E-state index in [1.54, 1.807) is 14.2 Å². The molecular formula is C16H23NO4. The van der Waals surface area contributed by atoms with Gasteiger partial charge in [-0.1, -0.05) is 12.8 Å². The van der Waals surface area contributed by atoms with Crippen molar-refractivity contribution in [2.24, 2.45) is 5.92 Å². The van der Waals surface area contributed by atoms with Gasteiger partial charge in [0.15, 0.2) is 12.1 Å².